The van der Waals surface area contributed by atoms with Crippen molar-refractivity contribution in [2.75, 3.05) is 6.26 Å². The summed E-state index contributed by atoms with van der Waals surface area (Å²) in [7, 11) is 0. The maximum absolute atomic E-state index is 11.6. The van der Waals surface area contributed by atoms with Crippen LogP contribution in [0.25, 0.3) is 0 Å². The summed E-state index contributed by atoms with van der Waals surface area (Å²) in [6.45, 7) is 3.68. The molecule has 0 saturated carbocycles. The quantitative estimate of drug-likeness (QED) is 0.918. The van der Waals surface area contributed by atoms with Gasteiger partial charge in [-0.25, -0.2) is 4.79 Å². The lowest BCUT2D eigenvalue weighted by Crippen LogP contribution is -2.31. The van der Waals surface area contributed by atoms with Crippen LogP contribution >= 0.6 is 23.4 Å². The Bertz CT molecular complexity index is 610. The summed E-state index contributed by atoms with van der Waals surface area (Å²) >= 11 is 7.88. The molecule has 0 saturated heterocycles. The molecular weight excluding hydrogens is 294 g/mol. The standard InChI is InChI=1S/C15H16ClNO2S/c1-8-12(15(18)19)13(14(20-3)9(2)17-8)10-6-4-5-7-11(10)16/h4-7,13-14H,1-3H3,(H,18,19). The first kappa shape index (κ1) is 15.1. The first-order chi connectivity index (χ1) is 9.47. The van der Waals surface area contributed by atoms with Crippen LogP contribution in [0.2, 0.25) is 5.02 Å². The number of benzene rings is 1. The lowest BCUT2D eigenvalue weighted by atomic mass is 9.83. The number of nitrogens with zero attached hydrogens (tertiary/aromatic N) is 1. The number of allylic oxidation sites excluding steroid dienone is 1. The largest absolute Gasteiger partial charge is 0.478 e. The van der Waals surface area contributed by atoms with Crippen LogP contribution in [0.4, 0.5) is 0 Å². The highest BCUT2D eigenvalue weighted by molar-refractivity contribution is 8.00. The molecule has 0 spiro atoms. The van der Waals surface area contributed by atoms with E-state index in [1.807, 2.05) is 31.4 Å². The molecule has 0 bridgehead atoms. The van der Waals surface area contributed by atoms with Gasteiger partial charge in [-0.3, -0.25) is 4.99 Å². The Balaban J connectivity index is 2.65. The molecule has 0 aliphatic carbocycles. The van der Waals surface area contributed by atoms with Crippen LogP contribution in [-0.4, -0.2) is 28.3 Å². The first-order valence-electron chi connectivity index (χ1n) is 6.23. The van der Waals surface area contributed by atoms with E-state index in [1.54, 1.807) is 24.8 Å². The molecule has 106 valence electrons. The van der Waals surface area contributed by atoms with Crippen LogP contribution in [-0.2, 0) is 4.79 Å². The highest BCUT2D eigenvalue weighted by Crippen LogP contribution is 2.42. The minimum Gasteiger partial charge on any atom is -0.478 e. The van der Waals surface area contributed by atoms with Crippen LogP contribution in [0.1, 0.15) is 25.3 Å². The van der Waals surface area contributed by atoms with Crippen molar-refractivity contribution in [1.82, 2.24) is 0 Å². The average molecular weight is 310 g/mol. The van der Waals surface area contributed by atoms with Crippen LogP contribution in [0.5, 0.6) is 0 Å². The number of rotatable bonds is 3. The van der Waals surface area contributed by atoms with Crippen LogP contribution in [0.15, 0.2) is 40.5 Å². The molecule has 3 nitrogen and oxygen atoms in total. The predicted octanol–water partition coefficient (Wildman–Crippen LogP) is 3.99. The van der Waals surface area contributed by atoms with E-state index in [0.29, 0.717) is 16.3 Å². The van der Waals surface area contributed by atoms with Crippen molar-refractivity contribution in [3.63, 3.8) is 0 Å². The first-order valence-corrected chi connectivity index (χ1v) is 7.90. The summed E-state index contributed by atoms with van der Waals surface area (Å²) in [4.78, 5) is 16.0. The third-order valence-corrected chi connectivity index (χ3v) is 4.95. The molecule has 0 radical (unpaired) electrons. The number of carbonyl (C=O) groups is 1. The highest BCUT2D eigenvalue weighted by Gasteiger charge is 2.37. The van der Waals surface area contributed by atoms with E-state index in [1.165, 1.54) is 0 Å². The number of aliphatic imine (C=N–C) groups is 1. The molecule has 20 heavy (non-hydrogen) atoms. The number of hydrogen-bond acceptors (Lipinski definition) is 3. The lowest BCUT2D eigenvalue weighted by Gasteiger charge is -2.31. The summed E-state index contributed by atoms with van der Waals surface area (Å²) in [6.07, 6.45) is 1.97. The summed E-state index contributed by atoms with van der Waals surface area (Å²) in [5, 5.41) is 10.1. The third-order valence-electron chi connectivity index (χ3n) is 3.48. The summed E-state index contributed by atoms with van der Waals surface area (Å²) in [5.41, 5.74) is 2.68. The van der Waals surface area contributed by atoms with Crippen LogP contribution < -0.4 is 0 Å². The van der Waals surface area contributed by atoms with Gasteiger partial charge in [-0.05, 0) is 31.7 Å². The molecule has 0 fully saturated rings. The molecule has 1 aromatic rings. The molecule has 2 unspecified atom stereocenters. The number of thioether (sulfide) groups is 1. The van der Waals surface area contributed by atoms with Crippen LogP contribution in [0.3, 0.4) is 0 Å². The Kier molecular flexibility index (Phi) is 4.55. The van der Waals surface area contributed by atoms with Gasteiger partial charge in [-0.15, -0.1) is 0 Å². The monoisotopic (exact) mass is 309 g/mol. The van der Waals surface area contributed by atoms with E-state index < -0.39 is 5.97 Å². The maximum atomic E-state index is 11.6. The van der Waals surface area contributed by atoms with Crippen molar-refractivity contribution in [1.29, 1.82) is 0 Å². The van der Waals surface area contributed by atoms with Gasteiger partial charge in [-0.2, -0.15) is 11.8 Å². The van der Waals surface area contributed by atoms with Crippen molar-refractivity contribution >= 4 is 35.0 Å². The SMILES string of the molecule is CSC1C(C)=NC(C)=C(C(=O)O)C1c1ccccc1Cl. The maximum Gasteiger partial charge on any atom is 0.334 e. The average Bonchev–Trinajstić information content (AvgIpc) is 2.38. The Morgan fingerprint density at radius 2 is 2.00 bits per heavy atom. The third kappa shape index (κ3) is 2.63. The Hall–Kier alpha value is -1.26. The van der Waals surface area contributed by atoms with Gasteiger partial charge < -0.3 is 5.11 Å². The topological polar surface area (TPSA) is 49.7 Å². The van der Waals surface area contributed by atoms with Crippen molar-refractivity contribution in [2.45, 2.75) is 25.0 Å². The zero-order valence-electron chi connectivity index (χ0n) is 11.6. The van der Waals surface area contributed by atoms with E-state index >= 15 is 0 Å². The van der Waals surface area contributed by atoms with Crippen molar-refractivity contribution < 1.29 is 9.90 Å². The van der Waals surface area contributed by atoms with Crippen molar-refractivity contribution in [3.05, 3.63) is 46.1 Å². The van der Waals surface area contributed by atoms with Gasteiger partial charge in [0.2, 0.25) is 0 Å². The molecule has 0 amide bonds. The van der Waals surface area contributed by atoms with Gasteiger partial charge in [0.15, 0.2) is 0 Å². The van der Waals surface area contributed by atoms with Crippen LogP contribution in [0, 0.1) is 0 Å². The Morgan fingerprint density at radius 3 is 2.55 bits per heavy atom. The van der Waals surface area contributed by atoms with E-state index in [-0.39, 0.29) is 11.2 Å². The number of hydrogen-bond donors (Lipinski definition) is 1. The molecule has 2 rings (SSSR count). The fourth-order valence-electron chi connectivity index (χ4n) is 2.65. The number of carboxylic acids is 1. The summed E-state index contributed by atoms with van der Waals surface area (Å²) in [5.74, 6) is -1.20. The molecular formula is C15H16ClNO2S. The molecule has 1 aromatic carbocycles. The second-order valence-corrected chi connectivity index (χ2v) is 6.10. The summed E-state index contributed by atoms with van der Waals surface area (Å²) < 4.78 is 0. The smallest absolute Gasteiger partial charge is 0.334 e. The van der Waals surface area contributed by atoms with Crippen molar-refractivity contribution in [2.24, 2.45) is 4.99 Å². The number of carboxylic acid groups (broad SMARTS) is 1. The van der Waals surface area contributed by atoms with E-state index in [4.69, 9.17) is 11.6 Å². The van der Waals surface area contributed by atoms with E-state index in [2.05, 4.69) is 4.99 Å². The van der Waals surface area contributed by atoms with Gasteiger partial charge in [0.05, 0.1) is 10.8 Å². The molecule has 0 aromatic heterocycles. The number of aliphatic carboxylic acids is 1. The Labute approximate surface area is 127 Å². The molecule has 1 aliphatic heterocycles. The second-order valence-electron chi connectivity index (χ2n) is 4.71. The summed E-state index contributed by atoms with van der Waals surface area (Å²) in [6, 6.07) is 7.42. The normalized spacial score (nSPS) is 22.7. The molecule has 1 heterocycles. The van der Waals surface area contributed by atoms with E-state index in [0.717, 1.165) is 11.3 Å². The fraction of sp³-hybridized carbons (Fsp3) is 0.333. The van der Waals surface area contributed by atoms with Crippen molar-refractivity contribution in [3.8, 4) is 0 Å². The van der Waals surface area contributed by atoms with Gasteiger partial charge in [-0.1, -0.05) is 29.8 Å². The van der Waals surface area contributed by atoms with Gasteiger partial charge in [0, 0.05) is 22.3 Å². The highest BCUT2D eigenvalue weighted by atomic mass is 35.5. The predicted molar refractivity (Wildman–Crippen MR) is 84.9 cm³/mol. The van der Waals surface area contributed by atoms with Gasteiger partial charge in [0.1, 0.15) is 0 Å². The van der Waals surface area contributed by atoms with Gasteiger partial charge >= 0.3 is 5.97 Å². The lowest BCUT2D eigenvalue weighted by molar-refractivity contribution is -0.133. The second kappa shape index (κ2) is 6.02. The fourth-order valence-corrected chi connectivity index (χ4v) is 3.85. The molecule has 1 aliphatic rings. The number of halogens is 1. The minimum atomic E-state index is -0.928. The van der Waals surface area contributed by atoms with E-state index in [9.17, 15) is 9.90 Å². The molecule has 2 atom stereocenters. The molecule has 1 N–H and O–H groups in total. The zero-order valence-corrected chi connectivity index (χ0v) is 13.1. The molecule has 5 heteroatoms. The zero-order chi connectivity index (χ0) is 14.9. The van der Waals surface area contributed by atoms with Gasteiger partial charge in [0.25, 0.3) is 0 Å². The Morgan fingerprint density at radius 1 is 1.35 bits per heavy atom. The minimum absolute atomic E-state index is 0.00954.